The summed E-state index contributed by atoms with van der Waals surface area (Å²) in [5.41, 5.74) is -0.553. The van der Waals surface area contributed by atoms with Crippen LogP contribution < -0.4 is 9.64 Å². The van der Waals surface area contributed by atoms with Gasteiger partial charge in [-0.05, 0) is 54.4 Å². The molecule has 0 heterocycles. The van der Waals surface area contributed by atoms with Gasteiger partial charge in [0.1, 0.15) is 17.5 Å². The van der Waals surface area contributed by atoms with E-state index in [9.17, 15) is 27.9 Å². The fourth-order valence-electron chi connectivity index (χ4n) is 3.40. The Bertz CT molecular complexity index is 1120. The van der Waals surface area contributed by atoms with E-state index in [-0.39, 0.29) is 18.5 Å². The van der Waals surface area contributed by atoms with Crippen molar-refractivity contribution in [3.05, 3.63) is 90.0 Å². The van der Waals surface area contributed by atoms with Crippen molar-refractivity contribution in [2.75, 3.05) is 4.90 Å². The van der Waals surface area contributed by atoms with Crippen molar-refractivity contribution >= 4 is 17.6 Å². The van der Waals surface area contributed by atoms with E-state index >= 15 is 0 Å². The number of carbonyl (C=O) groups excluding carboxylic acids is 1. The average molecular weight is 457 g/mol. The maximum Gasteiger partial charge on any atom is 0.416 e. The number of halogens is 3. The molecule has 0 aliphatic heterocycles. The number of hydrogen-bond donors (Lipinski definition) is 1. The molecule has 1 amide bonds. The zero-order valence-corrected chi connectivity index (χ0v) is 17.8. The van der Waals surface area contributed by atoms with Crippen LogP contribution in [0.1, 0.15) is 24.5 Å². The Morgan fingerprint density at radius 2 is 1.61 bits per heavy atom. The number of benzene rings is 3. The third kappa shape index (κ3) is 6.12. The molecule has 0 aromatic heterocycles. The van der Waals surface area contributed by atoms with Crippen molar-refractivity contribution in [2.24, 2.45) is 0 Å². The van der Waals surface area contributed by atoms with Gasteiger partial charge < -0.3 is 9.84 Å². The number of hydrogen-bond acceptors (Lipinski definition) is 3. The van der Waals surface area contributed by atoms with E-state index in [1.165, 1.54) is 6.07 Å². The van der Waals surface area contributed by atoms with E-state index in [0.717, 1.165) is 23.1 Å². The number of carbonyl (C=O) groups is 2. The first kappa shape index (κ1) is 23.8. The summed E-state index contributed by atoms with van der Waals surface area (Å²) in [6.07, 6.45) is -4.82. The van der Waals surface area contributed by atoms with Gasteiger partial charge in [0.2, 0.25) is 5.91 Å². The molecule has 0 aliphatic carbocycles. The summed E-state index contributed by atoms with van der Waals surface area (Å²) < 4.78 is 45.4. The number of carboxylic acids is 1. The van der Waals surface area contributed by atoms with Gasteiger partial charge in [-0.3, -0.25) is 9.69 Å². The van der Waals surface area contributed by atoms with Crippen molar-refractivity contribution in [3.8, 4) is 11.5 Å². The zero-order chi connectivity index (χ0) is 24.0. The fourth-order valence-corrected chi connectivity index (χ4v) is 3.40. The summed E-state index contributed by atoms with van der Waals surface area (Å²) in [6, 6.07) is 18.5. The van der Waals surface area contributed by atoms with E-state index in [1.807, 2.05) is 18.2 Å². The molecular weight excluding hydrogens is 435 g/mol. The first-order chi connectivity index (χ1) is 15.7. The molecule has 1 unspecified atom stereocenters. The topological polar surface area (TPSA) is 66.8 Å². The van der Waals surface area contributed by atoms with Crippen molar-refractivity contribution < 1.29 is 32.6 Å². The Hall–Kier alpha value is -3.81. The molecule has 0 saturated carbocycles. The molecule has 1 N–H and O–H groups in total. The molecule has 1 atom stereocenters. The van der Waals surface area contributed by atoms with Gasteiger partial charge in [-0.15, -0.1) is 0 Å². The van der Waals surface area contributed by atoms with Gasteiger partial charge in [-0.1, -0.05) is 43.3 Å². The van der Waals surface area contributed by atoms with Gasteiger partial charge in [-0.2, -0.15) is 13.2 Å². The second-order valence-corrected chi connectivity index (χ2v) is 7.31. The highest BCUT2D eigenvalue weighted by atomic mass is 19.4. The Morgan fingerprint density at radius 3 is 2.24 bits per heavy atom. The first-order valence-electron chi connectivity index (χ1n) is 10.2. The van der Waals surface area contributed by atoms with Crippen molar-refractivity contribution in [2.45, 2.75) is 32.0 Å². The summed E-state index contributed by atoms with van der Waals surface area (Å²) in [5.74, 6) is -0.865. The van der Waals surface area contributed by atoms with Crippen molar-refractivity contribution in [1.29, 1.82) is 0 Å². The zero-order valence-electron chi connectivity index (χ0n) is 17.8. The number of anilines is 1. The number of carboxylic acid groups (broad SMARTS) is 1. The predicted molar refractivity (Wildman–Crippen MR) is 117 cm³/mol. The molecule has 172 valence electrons. The highest BCUT2D eigenvalue weighted by Crippen LogP contribution is 2.33. The van der Waals surface area contributed by atoms with Gasteiger partial charge in [0.25, 0.3) is 0 Å². The van der Waals surface area contributed by atoms with Crippen molar-refractivity contribution in [3.63, 3.8) is 0 Å². The molecule has 0 bridgehead atoms. The van der Waals surface area contributed by atoms with Crippen LogP contribution in [0, 0.1) is 0 Å². The quantitative estimate of drug-likeness (QED) is 0.455. The van der Waals surface area contributed by atoms with Crippen molar-refractivity contribution in [1.82, 2.24) is 0 Å². The van der Waals surface area contributed by atoms with Crippen LogP contribution in [0.2, 0.25) is 0 Å². The smallest absolute Gasteiger partial charge is 0.416 e. The number of nitrogens with zero attached hydrogens (tertiary/aromatic N) is 1. The molecule has 3 rings (SSSR count). The van der Waals surface area contributed by atoms with E-state index in [0.29, 0.717) is 17.1 Å². The lowest BCUT2D eigenvalue weighted by Gasteiger charge is -2.29. The van der Waals surface area contributed by atoms with E-state index < -0.39 is 29.7 Å². The molecule has 0 fully saturated rings. The van der Waals surface area contributed by atoms with Crippen LogP contribution in [0.4, 0.5) is 18.9 Å². The van der Waals surface area contributed by atoms with Crippen LogP contribution in [0.15, 0.2) is 78.9 Å². The van der Waals surface area contributed by atoms with Crippen LogP contribution in [-0.2, 0) is 22.2 Å². The molecule has 0 spiro atoms. The molecule has 8 heteroatoms. The summed E-state index contributed by atoms with van der Waals surface area (Å²) >= 11 is 0. The number of ether oxygens (including phenoxy) is 1. The Kier molecular flexibility index (Phi) is 7.37. The van der Waals surface area contributed by atoms with Crippen LogP contribution in [0.3, 0.4) is 0 Å². The third-order valence-corrected chi connectivity index (χ3v) is 4.94. The second-order valence-electron chi connectivity index (χ2n) is 7.31. The third-order valence-electron chi connectivity index (χ3n) is 4.94. The summed E-state index contributed by atoms with van der Waals surface area (Å²) in [5, 5.41) is 9.62. The lowest BCUT2D eigenvalue weighted by atomic mass is 10.1. The van der Waals surface area contributed by atoms with E-state index in [4.69, 9.17) is 4.74 Å². The average Bonchev–Trinajstić information content (AvgIpc) is 2.77. The van der Waals surface area contributed by atoms with E-state index in [1.54, 1.807) is 43.3 Å². The van der Waals surface area contributed by atoms with Crippen LogP contribution >= 0.6 is 0 Å². The van der Waals surface area contributed by atoms with Crippen LogP contribution in [0.25, 0.3) is 0 Å². The number of alkyl halides is 3. The summed E-state index contributed by atoms with van der Waals surface area (Å²) in [4.78, 5) is 25.9. The maximum atomic E-state index is 13.2. The normalized spacial score (nSPS) is 12.1. The highest BCUT2D eigenvalue weighted by molar-refractivity contribution is 6.00. The number of para-hydroxylation sites is 1. The van der Waals surface area contributed by atoms with Crippen LogP contribution in [-0.4, -0.2) is 23.0 Å². The van der Waals surface area contributed by atoms with E-state index in [2.05, 4.69) is 0 Å². The predicted octanol–water partition coefficient (Wildman–Crippen LogP) is 5.94. The lowest BCUT2D eigenvalue weighted by Crippen LogP contribution is -2.46. The number of rotatable bonds is 8. The SMILES string of the molecule is CCC(C(=O)O)N(C(=O)Cc1cccc(Oc2ccccc2)c1)c1cccc(C(F)(F)F)c1. The minimum Gasteiger partial charge on any atom is -0.480 e. The van der Waals surface area contributed by atoms with Crippen LogP contribution in [0.5, 0.6) is 11.5 Å². The van der Waals surface area contributed by atoms with Gasteiger partial charge in [0.05, 0.1) is 12.0 Å². The summed E-state index contributed by atoms with van der Waals surface area (Å²) in [6.45, 7) is 1.56. The fraction of sp³-hybridized carbons (Fsp3) is 0.200. The molecule has 5 nitrogen and oxygen atoms in total. The largest absolute Gasteiger partial charge is 0.480 e. The molecule has 33 heavy (non-hydrogen) atoms. The molecule has 3 aromatic carbocycles. The standard InChI is InChI=1S/C25H22F3NO4/c1-2-22(24(31)32)29(19-10-7-9-18(16-19)25(26,27)28)23(30)15-17-8-6-13-21(14-17)33-20-11-4-3-5-12-20/h3-14,16,22H,2,15H2,1H3,(H,31,32). The Morgan fingerprint density at radius 1 is 0.939 bits per heavy atom. The second kappa shape index (κ2) is 10.2. The van der Waals surface area contributed by atoms with Gasteiger partial charge >= 0.3 is 12.1 Å². The Labute approximate surface area is 189 Å². The molecule has 0 aliphatic rings. The highest BCUT2D eigenvalue weighted by Gasteiger charge is 2.34. The molecular formula is C25H22F3NO4. The minimum atomic E-state index is -4.63. The number of amides is 1. The maximum absolute atomic E-state index is 13.2. The lowest BCUT2D eigenvalue weighted by molar-refractivity contribution is -0.140. The first-order valence-corrected chi connectivity index (χ1v) is 10.2. The monoisotopic (exact) mass is 457 g/mol. The molecule has 3 aromatic rings. The van der Waals surface area contributed by atoms with Gasteiger partial charge in [0, 0.05) is 5.69 Å². The number of aliphatic carboxylic acids is 1. The molecule has 0 radical (unpaired) electrons. The Balaban J connectivity index is 1.90. The summed E-state index contributed by atoms with van der Waals surface area (Å²) in [7, 11) is 0. The minimum absolute atomic E-state index is 0.0223. The molecule has 0 saturated heterocycles. The van der Waals surface area contributed by atoms with Gasteiger partial charge in [0.15, 0.2) is 0 Å². The van der Waals surface area contributed by atoms with Gasteiger partial charge in [-0.25, -0.2) is 4.79 Å².